The van der Waals surface area contributed by atoms with Crippen LogP contribution in [-0.2, 0) is 4.74 Å². The molecule has 1 N–H and O–H groups in total. The molecule has 0 aliphatic carbocycles. The van der Waals surface area contributed by atoms with Crippen LogP contribution in [0.2, 0.25) is 0 Å². The van der Waals surface area contributed by atoms with Crippen LogP contribution in [-0.4, -0.2) is 12.6 Å². The standard InChI is InChI=1S/C15H17NOS/c1-11-15(14-8-5-9-18-14)17-10-13(16-11)12-6-3-2-4-7-12/h2-9,11,13,15-16H,10H2,1H3. The number of ether oxygens (including phenoxy) is 1. The highest BCUT2D eigenvalue weighted by atomic mass is 32.1. The Kier molecular flexibility index (Phi) is 3.46. The Morgan fingerprint density at radius 1 is 1.17 bits per heavy atom. The molecule has 1 aromatic heterocycles. The minimum atomic E-state index is 0.185. The van der Waals surface area contributed by atoms with E-state index in [1.807, 2.05) is 6.07 Å². The van der Waals surface area contributed by atoms with Crippen molar-refractivity contribution < 1.29 is 4.74 Å². The second-order valence-electron chi connectivity index (χ2n) is 4.69. The molecule has 3 rings (SSSR count). The molecule has 18 heavy (non-hydrogen) atoms. The fourth-order valence-corrected chi connectivity index (χ4v) is 3.33. The lowest BCUT2D eigenvalue weighted by Gasteiger charge is -2.35. The van der Waals surface area contributed by atoms with Crippen molar-refractivity contribution in [1.82, 2.24) is 5.32 Å². The van der Waals surface area contributed by atoms with Crippen LogP contribution in [0.3, 0.4) is 0 Å². The lowest BCUT2D eigenvalue weighted by atomic mass is 10.0. The monoisotopic (exact) mass is 259 g/mol. The summed E-state index contributed by atoms with van der Waals surface area (Å²) in [5.41, 5.74) is 1.30. The Labute approximate surface area is 112 Å². The van der Waals surface area contributed by atoms with Gasteiger partial charge in [-0.25, -0.2) is 0 Å². The quantitative estimate of drug-likeness (QED) is 0.890. The summed E-state index contributed by atoms with van der Waals surface area (Å²) in [5.74, 6) is 0. The molecule has 3 atom stereocenters. The highest BCUT2D eigenvalue weighted by Gasteiger charge is 2.29. The van der Waals surface area contributed by atoms with Gasteiger partial charge in [0.05, 0.1) is 12.6 Å². The van der Waals surface area contributed by atoms with Crippen molar-refractivity contribution in [3.63, 3.8) is 0 Å². The highest BCUT2D eigenvalue weighted by Crippen LogP contribution is 2.32. The first kappa shape index (κ1) is 11.9. The van der Waals surface area contributed by atoms with Gasteiger partial charge in [0.1, 0.15) is 6.10 Å². The zero-order chi connectivity index (χ0) is 12.4. The number of hydrogen-bond donors (Lipinski definition) is 1. The van der Waals surface area contributed by atoms with Gasteiger partial charge in [-0.05, 0) is 23.9 Å². The number of benzene rings is 1. The number of rotatable bonds is 2. The van der Waals surface area contributed by atoms with Gasteiger partial charge in [0.25, 0.3) is 0 Å². The molecule has 2 aromatic rings. The summed E-state index contributed by atoms with van der Waals surface area (Å²) in [6, 6.07) is 15.4. The third kappa shape index (κ3) is 2.34. The molecule has 0 bridgehead atoms. The molecular formula is C15H17NOS. The van der Waals surface area contributed by atoms with Gasteiger partial charge >= 0.3 is 0 Å². The molecule has 0 spiro atoms. The third-order valence-corrected chi connectivity index (χ3v) is 4.32. The van der Waals surface area contributed by atoms with Crippen molar-refractivity contribution in [2.75, 3.05) is 6.61 Å². The Hall–Kier alpha value is -1.16. The van der Waals surface area contributed by atoms with Crippen molar-refractivity contribution in [3.05, 3.63) is 58.3 Å². The summed E-state index contributed by atoms with van der Waals surface area (Å²) in [4.78, 5) is 1.31. The second-order valence-corrected chi connectivity index (χ2v) is 5.67. The number of thiophene rings is 1. The van der Waals surface area contributed by atoms with Gasteiger partial charge in [0.15, 0.2) is 0 Å². The molecule has 1 saturated heterocycles. The summed E-state index contributed by atoms with van der Waals surface area (Å²) < 4.78 is 6.05. The lowest BCUT2D eigenvalue weighted by molar-refractivity contribution is -0.0233. The van der Waals surface area contributed by atoms with Gasteiger partial charge in [0.2, 0.25) is 0 Å². The van der Waals surface area contributed by atoms with Crippen LogP contribution in [0.4, 0.5) is 0 Å². The summed E-state index contributed by atoms with van der Waals surface area (Å²) in [6.45, 7) is 2.93. The molecule has 1 aromatic carbocycles. The molecule has 1 fully saturated rings. The summed E-state index contributed by atoms with van der Waals surface area (Å²) >= 11 is 1.77. The number of nitrogens with one attached hydrogen (secondary N) is 1. The van der Waals surface area contributed by atoms with E-state index in [4.69, 9.17) is 4.74 Å². The predicted molar refractivity (Wildman–Crippen MR) is 74.8 cm³/mol. The fraction of sp³-hybridized carbons (Fsp3) is 0.333. The van der Waals surface area contributed by atoms with E-state index in [1.165, 1.54) is 10.4 Å². The van der Waals surface area contributed by atoms with Gasteiger partial charge in [-0.15, -0.1) is 11.3 Å². The Morgan fingerprint density at radius 3 is 2.67 bits per heavy atom. The predicted octanol–water partition coefficient (Wildman–Crippen LogP) is 3.54. The van der Waals surface area contributed by atoms with Gasteiger partial charge < -0.3 is 10.1 Å². The van der Waals surface area contributed by atoms with E-state index in [0.29, 0.717) is 12.1 Å². The maximum atomic E-state index is 6.05. The van der Waals surface area contributed by atoms with E-state index in [1.54, 1.807) is 11.3 Å². The highest BCUT2D eigenvalue weighted by molar-refractivity contribution is 7.10. The average Bonchev–Trinajstić information content (AvgIpc) is 2.93. The molecule has 1 aliphatic heterocycles. The van der Waals surface area contributed by atoms with Crippen LogP contribution in [0.25, 0.3) is 0 Å². The second kappa shape index (κ2) is 5.22. The normalized spacial score (nSPS) is 28.2. The molecule has 1 aliphatic rings. The molecule has 0 amide bonds. The summed E-state index contributed by atoms with van der Waals surface area (Å²) in [5, 5.41) is 5.76. The van der Waals surface area contributed by atoms with E-state index in [0.717, 1.165) is 6.61 Å². The van der Waals surface area contributed by atoms with E-state index in [2.05, 4.69) is 54.0 Å². The SMILES string of the molecule is CC1NC(c2ccccc2)COC1c1cccs1. The molecule has 3 unspecified atom stereocenters. The zero-order valence-corrected chi connectivity index (χ0v) is 11.2. The first-order valence-electron chi connectivity index (χ1n) is 6.30. The topological polar surface area (TPSA) is 21.3 Å². The van der Waals surface area contributed by atoms with Crippen molar-refractivity contribution >= 4 is 11.3 Å². The van der Waals surface area contributed by atoms with E-state index in [9.17, 15) is 0 Å². The van der Waals surface area contributed by atoms with Crippen LogP contribution in [0.15, 0.2) is 47.8 Å². The Balaban J connectivity index is 1.72. The lowest BCUT2D eigenvalue weighted by Crippen LogP contribution is -2.43. The van der Waals surface area contributed by atoms with Crippen LogP contribution in [0.5, 0.6) is 0 Å². The Morgan fingerprint density at radius 2 is 2.00 bits per heavy atom. The maximum Gasteiger partial charge on any atom is 0.107 e. The van der Waals surface area contributed by atoms with Crippen molar-refractivity contribution in [2.45, 2.75) is 25.1 Å². The maximum absolute atomic E-state index is 6.05. The molecule has 0 saturated carbocycles. The van der Waals surface area contributed by atoms with Gasteiger partial charge in [-0.3, -0.25) is 0 Å². The van der Waals surface area contributed by atoms with E-state index in [-0.39, 0.29) is 6.10 Å². The first-order valence-corrected chi connectivity index (χ1v) is 7.18. The minimum Gasteiger partial charge on any atom is -0.369 e. The van der Waals surface area contributed by atoms with Crippen molar-refractivity contribution in [1.29, 1.82) is 0 Å². The molecule has 94 valence electrons. The van der Waals surface area contributed by atoms with Crippen LogP contribution < -0.4 is 5.32 Å². The van der Waals surface area contributed by atoms with Crippen LogP contribution in [0, 0.1) is 0 Å². The first-order chi connectivity index (χ1) is 8.84. The Bertz CT molecular complexity index is 482. The largest absolute Gasteiger partial charge is 0.369 e. The van der Waals surface area contributed by atoms with Crippen LogP contribution >= 0.6 is 11.3 Å². The molecule has 2 heterocycles. The van der Waals surface area contributed by atoms with Crippen molar-refractivity contribution in [2.24, 2.45) is 0 Å². The van der Waals surface area contributed by atoms with Gasteiger partial charge in [-0.1, -0.05) is 36.4 Å². The summed E-state index contributed by atoms with van der Waals surface area (Å²) in [7, 11) is 0. The van der Waals surface area contributed by atoms with Crippen LogP contribution in [0.1, 0.15) is 29.5 Å². The number of morpholine rings is 1. The molecule has 0 radical (unpaired) electrons. The van der Waals surface area contributed by atoms with E-state index < -0.39 is 0 Å². The van der Waals surface area contributed by atoms with Crippen molar-refractivity contribution in [3.8, 4) is 0 Å². The third-order valence-electron chi connectivity index (χ3n) is 3.39. The average molecular weight is 259 g/mol. The molecule has 3 heteroatoms. The van der Waals surface area contributed by atoms with Gasteiger partial charge in [-0.2, -0.15) is 0 Å². The van der Waals surface area contributed by atoms with Gasteiger partial charge in [0, 0.05) is 10.9 Å². The number of hydrogen-bond acceptors (Lipinski definition) is 3. The zero-order valence-electron chi connectivity index (χ0n) is 10.4. The minimum absolute atomic E-state index is 0.185. The molecule has 2 nitrogen and oxygen atoms in total. The molecular weight excluding hydrogens is 242 g/mol. The van der Waals surface area contributed by atoms with E-state index >= 15 is 0 Å². The smallest absolute Gasteiger partial charge is 0.107 e. The fourth-order valence-electron chi connectivity index (χ4n) is 2.46. The summed E-state index contributed by atoms with van der Waals surface area (Å²) in [6.07, 6.45) is 0.185.